The molecule has 4 nitrogen and oxygen atoms in total. The van der Waals surface area contributed by atoms with Crippen molar-refractivity contribution < 1.29 is 0 Å². The van der Waals surface area contributed by atoms with Gasteiger partial charge in [-0.25, -0.2) is 4.98 Å². The minimum absolute atomic E-state index is 0.685. The van der Waals surface area contributed by atoms with Crippen molar-refractivity contribution in [2.24, 2.45) is 12.8 Å². The molecule has 0 amide bonds. The zero-order valence-electron chi connectivity index (χ0n) is 7.98. The average molecular weight is 180 g/mol. The number of rotatable bonds is 4. The molecule has 1 fully saturated rings. The molecule has 0 radical (unpaired) electrons. The number of aromatic nitrogens is 2. The molecule has 0 saturated heterocycles. The minimum atomic E-state index is 0.685. The Labute approximate surface area is 78.4 Å². The number of imidazole rings is 1. The molecule has 13 heavy (non-hydrogen) atoms. The predicted octanol–water partition coefficient (Wildman–Crippen LogP) is 0.348. The summed E-state index contributed by atoms with van der Waals surface area (Å²) >= 11 is 0. The van der Waals surface area contributed by atoms with E-state index in [1.54, 1.807) is 0 Å². The van der Waals surface area contributed by atoms with Crippen molar-refractivity contribution in [3.05, 3.63) is 12.4 Å². The minimum Gasteiger partial charge on any atom is -0.338 e. The molecule has 1 aromatic heterocycles. The van der Waals surface area contributed by atoms with Gasteiger partial charge >= 0.3 is 0 Å². The van der Waals surface area contributed by atoms with Crippen LogP contribution in [0.2, 0.25) is 0 Å². The Morgan fingerprint density at radius 2 is 2.46 bits per heavy atom. The molecule has 4 heteroatoms. The third-order valence-corrected chi connectivity index (χ3v) is 2.41. The standard InChI is InChI=1S/C9H16N4/c1-12-7-5-11-9(12)13(6-4-10)8-2-3-8/h5,7-8H,2-4,6,10H2,1H3. The topological polar surface area (TPSA) is 47.1 Å². The lowest BCUT2D eigenvalue weighted by molar-refractivity contribution is 0.726. The Bertz CT molecular complexity index is 277. The Morgan fingerprint density at radius 3 is 2.92 bits per heavy atom. The van der Waals surface area contributed by atoms with E-state index in [2.05, 4.69) is 9.88 Å². The molecule has 0 spiro atoms. The summed E-state index contributed by atoms with van der Waals surface area (Å²) in [7, 11) is 2.02. The monoisotopic (exact) mass is 180 g/mol. The summed E-state index contributed by atoms with van der Waals surface area (Å²) in [5, 5.41) is 0. The number of anilines is 1. The average Bonchev–Trinajstić information content (AvgIpc) is 2.86. The van der Waals surface area contributed by atoms with Crippen LogP contribution in [0, 0.1) is 0 Å². The maximum atomic E-state index is 5.57. The molecule has 2 N–H and O–H groups in total. The van der Waals surface area contributed by atoms with Crippen LogP contribution >= 0.6 is 0 Å². The van der Waals surface area contributed by atoms with Crippen molar-refractivity contribution in [3.63, 3.8) is 0 Å². The van der Waals surface area contributed by atoms with E-state index in [0.717, 1.165) is 12.5 Å². The van der Waals surface area contributed by atoms with Crippen molar-refractivity contribution in [2.45, 2.75) is 18.9 Å². The second kappa shape index (κ2) is 3.38. The zero-order valence-corrected chi connectivity index (χ0v) is 7.98. The summed E-state index contributed by atoms with van der Waals surface area (Å²) < 4.78 is 2.05. The Kier molecular flexibility index (Phi) is 2.22. The van der Waals surface area contributed by atoms with Crippen LogP contribution < -0.4 is 10.6 Å². The third kappa shape index (κ3) is 1.67. The summed E-state index contributed by atoms with van der Waals surface area (Å²) in [5.41, 5.74) is 5.57. The van der Waals surface area contributed by atoms with Gasteiger partial charge in [0, 0.05) is 38.6 Å². The van der Waals surface area contributed by atoms with Crippen LogP contribution in [-0.4, -0.2) is 28.7 Å². The summed E-state index contributed by atoms with van der Waals surface area (Å²) in [6, 6.07) is 0.685. The smallest absolute Gasteiger partial charge is 0.205 e. The molecular weight excluding hydrogens is 164 g/mol. The summed E-state index contributed by atoms with van der Waals surface area (Å²) in [6.45, 7) is 1.61. The summed E-state index contributed by atoms with van der Waals surface area (Å²) in [4.78, 5) is 6.63. The maximum absolute atomic E-state index is 5.57. The lowest BCUT2D eigenvalue weighted by Gasteiger charge is -2.22. The van der Waals surface area contributed by atoms with Crippen LogP contribution in [0.15, 0.2) is 12.4 Å². The van der Waals surface area contributed by atoms with Gasteiger partial charge in [0.1, 0.15) is 0 Å². The van der Waals surface area contributed by atoms with E-state index in [-0.39, 0.29) is 0 Å². The highest BCUT2D eigenvalue weighted by atomic mass is 15.3. The van der Waals surface area contributed by atoms with Crippen molar-refractivity contribution in [2.75, 3.05) is 18.0 Å². The van der Waals surface area contributed by atoms with Gasteiger partial charge in [0.2, 0.25) is 5.95 Å². The molecular formula is C9H16N4. The summed E-state index contributed by atoms with van der Waals surface area (Å²) in [6.07, 6.45) is 6.38. The molecule has 0 aliphatic heterocycles. The van der Waals surface area contributed by atoms with Gasteiger partial charge in [-0.05, 0) is 12.8 Å². The molecule has 2 rings (SSSR count). The first-order chi connectivity index (χ1) is 6.33. The van der Waals surface area contributed by atoms with Gasteiger partial charge in [0.15, 0.2) is 0 Å². The van der Waals surface area contributed by atoms with Gasteiger partial charge in [0.05, 0.1) is 0 Å². The fourth-order valence-corrected chi connectivity index (χ4v) is 1.61. The fraction of sp³-hybridized carbons (Fsp3) is 0.667. The fourth-order valence-electron chi connectivity index (χ4n) is 1.61. The first-order valence-corrected chi connectivity index (χ1v) is 4.77. The van der Waals surface area contributed by atoms with Gasteiger partial charge < -0.3 is 15.2 Å². The van der Waals surface area contributed by atoms with Crippen LogP contribution in [0.1, 0.15) is 12.8 Å². The highest BCUT2D eigenvalue weighted by Crippen LogP contribution is 2.29. The molecule has 1 aliphatic carbocycles. The molecule has 1 aliphatic rings. The van der Waals surface area contributed by atoms with Crippen molar-refractivity contribution in [1.29, 1.82) is 0 Å². The SMILES string of the molecule is Cn1ccnc1N(CCN)C1CC1. The quantitative estimate of drug-likeness (QED) is 0.727. The van der Waals surface area contributed by atoms with Gasteiger partial charge in [-0.2, -0.15) is 0 Å². The highest BCUT2D eigenvalue weighted by Gasteiger charge is 2.30. The largest absolute Gasteiger partial charge is 0.338 e. The molecule has 72 valence electrons. The number of aryl methyl sites for hydroxylation is 1. The second-order valence-corrected chi connectivity index (χ2v) is 3.55. The van der Waals surface area contributed by atoms with E-state index in [1.165, 1.54) is 12.8 Å². The molecule has 1 heterocycles. The maximum Gasteiger partial charge on any atom is 0.205 e. The Hall–Kier alpha value is -1.03. The lowest BCUT2D eigenvalue weighted by atomic mass is 10.5. The molecule has 0 bridgehead atoms. The number of hydrogen-bond acceptors (Lipinski definition) is 3. The molecule has 1 saturated carbocycles. The van der Waals surface area contributed by atoms with Crippen LogP contribution in [0.5, 0.6) is 0 Å². The van der Waals surface area contributed by atoms with Crippen molar-refractivity contribution >= 4 is 5.95 Å². The van der Waals surface area contributed by atoms with E-state index < -0.39 is 0 Å². The number of hydrogen-bond donors (Lipinski definition) is 1. The van der Waals surface area contributed by atoms with E-state index in [4.69, 9.17) is 5.73 Å². The van der Waals surface area contributed by atoms with Crippen molar-refractivity contribution in [3.8, 4) is 0 Å². The third-order valence-electron chi connectivity index (χ3n) is 2.41. The van der Waals surface area contributed by atoms with Crippen LogP contribution in [0.4, 0.5) is 5.95 Å². The molecule has 0 unspecified atom stereocenters. The lowest BCUT2D eigenvalue weighted by Crippen LogP contribution is -2.33. The second-order valence-electron chi connectivity index (χ2n) is 3.55. The van der Waals surface area contributed by atoms with Gasteiger partial charge in [-0.15, -0.1) is 0 Å². The first-order valence-electron chi connectivity index (χ1n) is 4.77. The highest BCUT2D eigenvalue weighted by molar-refractivity contribution is 5.35. The predicted molar refractivity (Wildman–Crippen MR) is 52.6 cm³/mol. The Balaban J connectivity index is 2.14. The first kappa shape index (κ1) is 8.56. The molecule has 0 atom stereocenters. The molecule has 0 aromatic carbocycles. The van der Waals surface area contributed by atoms with Gasteiger partial charge in [0.25, 0.3) is 0 Å². The normalized spacial score (nSPS) is 16.2. The Morgan fingerprint density at radius 1 is 1.69 bits per heavy atom. The van der Waals surface area contributed by atoms with E-state index in [1.807, 2.05) is 24.0 Å². The van der Waals surface area contributed by atoms with Gasteiger partial charge in [-0.1, -0.05) is 0 Å². The van der Waals surface area contributed by atoms with E-state index in [0.29, 0.717) is 12.6 Å². The van der Waals surface area contributed by atoms with Gasteiger partial charge in [-0.3, -0.25) is 0 Å². The molecule has 1 aromatic rings. The van der Waals surface area contributed by atoms with Crippen molar-refractivity contribution in [1.82, 2.24) is 9.55 Å². The number of nitrogens with zero attached hydrogens (tertiary/aromatic N) is 3. The zero-order chi connectivity index (χ0) is 9.26. The van der Waals surface area contributed by atoms with Crippen LogP contribution in [0.3, 0.4) is 0 Å². The number of nitrogens with two attached hydrogens (primary N) is 1. The summed E-state index contributed by atoms with van der Waals surface area (Å²) in [5.74, 6) is 1.05. The van der Waals surface area contributed by atoms with E-state index >= 15 is 0 Å². The van der Waals surface area contributed by atoms with Crippen LogP contribution in [-0.2, 0) is 7.05 Å². The van der Waals surface area contributed by atoms with Crippen LogP contribution in [0.25, 0.3) is 0 Å². The van der Waals surface area contributed by atoms with E-state index in [9.17, 15) is 0 Å².